The number of sulfone groups is 1. The van der Waals surface area contributed by atoms with Gasteiger partial charge in [-0.25, -0.2) is 8.42 Å². The summed E-state index contributed by atoms with van der Waals surface area (Å²) in [6, 6.07) is 0. The van der Waals surface area contributed by atoms with E-state index < -0.39 is 9.84 Å². The third-order valence-corrected chi connectivity index (χ3v) is 3.28. The van der Waals surface area contributed by atoms with E-state index in [4.69, 9.17) is 0 Å². The van der Waals surface area contributed by atoms with E-state index in [0.717, 1.165) is 0 Å². The summed E-state index contributed by atoms with van der Waals surface area (Å²) < 4.78 is 22.0. The predicted octanol–water partition coefficient (Wildman–Crippen LogP) is 1.47. The molecule has 0 unspecified atom stereocenters. The van der Waals surface area contributed by atoms with Gasteiger partial charge < -0.3 is 0 Å². The van der Waals surface area contributed by atoms with Gasteiger partial charge in [-0.2, -0.15) is 0 Å². The molecule has 0 aliphatic heterocycles. The van der Waals surface area contributed by atoms with Crippen LogP contribution in [0.1, 0.15) is 27.7 Å². The first-order valence-electron chi connectivity index (χ1n) is 3.47. The second-order valence-electron chi connectivity index (χ2n) is 3.74. The van der Waals surface area contributed by atoms with Crippen LogP contribution in [-0.4, -0.2) is 19.9 Å². The van der Waals surface area contributed by atoms with Crippen LogP contribution in [0.5, 0.6) is 0 Å². The van der Waals surface area contributed by atoms with Crippen molar-refractivity contribution in [1.29, 1.82) is 0 Å². The van der Waals surface area contributed by atoms with Gasteiger partial charge in [0.1, 0.15) is 0 Å². The van der Waals surface area contributed by atoms with Gasteiger partial charge in [0.25, 0.3) is 0 Å². The summed E-state index contributed by atoms with van der Waals surface area (Å²) in [7, 11) is -2.78. The Kier molecular flexibility index (Phi) is 2.89. The Labute approximate surface area is 63.6 Å². The van der Waals surface area contributed by atoms with Crippen molar-refractivity contribution in [3.05, 3.63) is 0 Å². The zero-order valence-electron chi connectivity index (χ0n) is 7.14. The lowest BCUT2D eigenvalue weighted by Crippen LogP contribution is -2.21. The Bertz CT molecular complexity index is 184. The van der Waals surface area contributed by atoms with Gasteiger partial charge in [0, 0.05) is 5.75 Å². The van der Waals surface area contributed by atoms with Gasteiger partial charge in [0.2, 0.25) is 0 Å². The van der Waals surface area contributed by atoms with Crippen LogP contribution in [0.2, 0.25) is 0 Å². The molecular weight excluding hydrogens is 148 g/mol. The Morgan fingerprint density at radius 1 is 1.20 bits per heavy atom. The van der Waals surface area contributed by atoms with Gasteiger partial charge in [-0.05, 0) is 5.41 Å². The van der Waals surface area contributed by atoms with Crippen molar-refractivity contribution in [3.8, 4) is 0 Å². The lowest BCUT2D eigenvalue weighted by Gasteiger charge is -2.16. The van der Waals surface area contributed by atoms with E-state index in [2.05, 4.69) is 0 Å². The lowest BCUT2D eigenvalue weighted by atomic mass is 10.0. The van der Waals surface area contributed by atoms with E-state index in [1.54, 1.807) is 6.92 Å². The maximum absolute atomic E-state index is 11.0. The zero-order valence-corrected chi connectivity index (χ0v) is 7.96. The zero-order chi connectivity index (χ0) is 8.41. The predicted molar refractivity (Wildman–Crippen MR) is 43.8 cm³/mol. The third kappa shape index (κ3) is 4.79. The highest BCUT2D eigenvalue weighted by molar-refractivity contribution is 7.91. The first-order valence-corrected chi connectivity index (χ1v) is 5.29. The number of hydrogen-bond acceptors (Lipinski definition) is 2. The van der Waals surface area contributed by atoms with Gasteiger partial charge in [0.15, 0.2) is 9.84 Å². The van der Waals surface area contributed by atoms with Crippen molar-refractivity contribution in [1.82, 2.24) is 0 Å². The molecule has 0 amide bonds. The average Bonchev–Trinajstić information content (AvgIpc) is 1.60. The molecule has 0 fully saturated rings. The summed E-state index contributed by atoms with van der Waals surface area (Å²) >= 11 is 0. The molecule has 0 rings (SSSR count). The molecular formula is C7H16O2S. The van der Waals surface area contributed by atoms with Gasteiger partial charge in [-0.3, -0.25) is 0 Å². The quantitative estimate of drug-likeness (QED) is 0.619. The smallest absolute Gasteiger partial charge is 0.150 e. The van der Waals surface area contributed by atoms with E-state index in [0.29, 0.717) is 0 Å². The number of hydrogen-bond donors (Lipinski definition) is 0. The summed E-state index contributed by atoms with van der Waals surface area (Å²) in [4.78, 5) is 0. The minimum atomic E-state index is -2.78. The Balaban J connectivity index is 4.18. The molecule has 2 nitrogen and oxygen atoms in total. The molecule has 0 spiro atoms. The summed E-state index contributed by atoms with van der Waals surface area (Å²) in [5.41, 5.74) is -0.102. The fourth-order valence-electron chi connectivity index (χ4n) is 0.762. The van der Waals surface area contributed by atoms with Gasteiger partial charge in [-0.1, -0.05) is 27.7 Å². The average molecular weight is 164 g/mol. The maximum atomic E-state index is 11.0. The second-order valence-corrected chi connectivity index (χ2v) is 6.09. The summed E-state index contributed by atoms with van der Waals surface area (Å²) in [6.45, 7) is 7.47. The van der Waals surface area contributed by atoms with E-state index in [1.165, 1.54) is 0 Å². The van der Waals surface area contributed by atoms with Crippen molar-refractivity contribution in [2.45, 2.75) is 27.7 Å². The Morgan fingerprint density at radius 2 is 1.60 bits per heavy atom. The molecule has 0 aromatic carbocycles. The largest absolute Gasteiger partial charge is 0.229 e. The molecule has 10 heavy (non-hydrogen) atoms. The summed E-state index contributed by atoms with van der Waals surface area (Å²) in [5.74, 6) is 0.542. The van der Waals surface area contributed by atoms with Crippen LogP contribution in [0.15, 0.2) is 0 Å². The molecule has 0 atom stereocenters. The summed E-state index contributed by atoms with van der Waals surface area (Å²) in [5, 5.41) is 0. The molecule has 0 radical (unpaired) electrons. The summed E-state index contributed by atoms with van der Waals surface area (Å²) in [6.07, 6.45) is 0. The van der Waals surface area contributed by atoms with Crippen molar-refractivity contribution >= 4 is 9.84 Å². The highest BCUT2D eigenvalue weighted by Crippen LogP contribution is 2.15. The minimum absolute atomic E-state index is 0.102. The molecule has 0 bridgehead atoms. The molecule has 0 aromatic rings. The molecule has 0 heterocycles. The highest BCUT2D eigenvalue weighted by atomic mass is 32.2. The topological polar surface area (TPSA) is 34.1 Å². The molecule has 0 aliphatic carbocycles. The molecule has 0 aliphatic rings. The maximum Gasteiger partial charge on any atom is 0.150 e. The third-order valence-electron chi connectivity index (χ3n) is 1.09. The highest BCUT2D eigenvalue weighted by Gasteiger charge is 2.19. The van der Waals surface area contributed by atoms with Crippen molar-refractivity contribution in [2.75, 3.05) is 11.5 Å². The Morgan fingerprint density at radius 3 is 1.70 bits per heavy atom. The SMILES string of the molecule is CCS(=O)(=O)CC(C)(C)C. The van der Waals surface area contributed by atoms with Crippen LogP contribution in [-0.2, 0) is 9.84 Å². The Hall–Kier alpha value is -0.0500. The molecule has 0 N–H and O–H groups in total. The van der Waals surface area contributed by atoms with E-state index >= 15 is 0 Å². The lowest BCUT2D eigenvalue weighted by molar-refractivity contribution is 0.462. The first-order chi connectivity index (χ1) is 4.27. The van der Waals surface area contributed by atoms with E-state index in [-0.39, 0.29) is 16.9 Å². The van der Waals surface area contributed by atoms with Crippen LogP contribution in [0, 0.1) is 5.41 Å². The van der Waals surface area contributed by atoms with Crippen molar-refractivity contribution < 1.29 is 8.42 Å². The standard InChI is InChI=1S/C7H16O2S/c1-5-10(8,9)6-7(2,3)4/h5-6H2,1-4H3. The van der Waals surface area contributed by atoms with Crippen LogP contribution >= 0.6 is 0 Å². The molecule has 3 heteroatoms. The molecule has 0 saturated heterocycles. The van der Waals surface area contributed by atoms with E-state index in [9.17, 15) is 8.42 Å². The van der Waals surface area contributed by atoms with Gasteiger partial charge in [-0.15, -0.1) is 0 Å². The van der Waals surface area contributed by atoms with Crippen LogP contribution in [0.4, 0.5) is 0 Å². The first kappa shape index (κ1) is 9.95. The van der Waals surface area contributed by atoms with Crippen LogP contribution in [0.25, 0.3) is 0 Å². The van der Waals surface area contributed by atoms with Crippen molar-refractivity contribution in [2.24, 2.45) is 5.41 Å². The fourth-order valence-corrected chi connectivity index (χ4v) is 2.29. The normalized spacial score (nSPS) is 13.6. The van der Waals surface area contributed by atoms with Crippen LogP contribution in [0.3, 0.4) is 0 Å². The fraction of sp³-hybridized carbons (Fsp3) is 1.00. The molecule has 0 aromatic heterocycles. The minimum Gasteiger partial charge on any atom is -0.229 e. The van der Waals surface area contributed by atoms with E-state index in [1.807, 2.05) is 20.8 Å². The van der Waals surface area contributed by atoms with Crippen LogP contribution < -0.4 is 0 Å². The van der Waals surface area contributed by atoms with Crippen molar-refractivity contribution in [3.63, 3.8) is 0 Å². The molecule has 62 valence electrons. The monoisotopic (exact) mass is 164 g/mol. The number of rotatable bonds is 2. The second kappa shape index (κ2) is 2.91. The van der Waals surface area contributed by atoms with Gasteiger partial charge in [0.05, 0.1) is 5.75 Å². The van der Waals surface area contributed by atoms with Gasteiger partial charge >= 0.3 is 0 Å². The molecule has 0 saturated carbocycles.